The van der Waals surface area contributed by atoms with Crippen LogP contribution >= 0.6 is 0 Å². The quantitative estimate of drug-likeness (QED) is 0.633. The van der Waals surface area contributed by atoms with Crippen LogP contribution in [-0.2, 0) is 6.42 Å². The molecule has 3 atom stereocenters. The highest BCUT2D eigenvalue weighted by molar-refractivity contribution is 5.27. The number of hydrogen-bond donors (Lipinski definition) is 3. The summed E-state index contributed by atoms with van der Waals surface area (Å²) in [4.78, 5) is 0. The van der Waals surface area contributed by atoms with E-state index in [0.717, 1.165) is 18.4 Å². The number of nitrogens with two attached hydrogens (primary N) is 1. The van der Waals surface area contributed by atoms with Crippen LogP contribution in [0.15, 0.2) is 54.6 Å². The van der Waals surface area contributed by atoms with Crippen LogP contribution in [0, 0.1) is 0 Å². The van der Waals surface area contributed by atoms with Crippen LogP contribution in [0.25, 0.3) is 0 Å². The summed E-state index contributed by atoms with van der Waals surface area (Å²) in [6.07, 6.45) is 1.61. The summed E-state index contributed by atoms with van der Waals surface area (Å²) in [5.74, 6) is 0.226. The summed E-state index contributed by atoms with van der Waals surface area (Å²) in [5.41, 5.74) is 2.20. The highest BCUT2D eigenvalue weighted by atomic mass is 35.5. The van der Waals surface area contributed by atoms with Gasteiger partial charge in [0, 0.05) is 6.42 Å². The lowest BCUT2D eigenvalue weighted by molar-refractivity contribution is -0.723. The van der Waals surface area contributed by atoms with E-state index in [-0.39, 0.29) is 24.2 Å². The molecule has 0 fully saturated rings. The van der Waals surface area contributed by atoms with Gasteiger partial charge in [-0.25, -0.2) is 0 Å². The molecule has 0 aromatic heterocycles. The van der Waals surface area contributed by atoms with E-state index in [9.17, 15) is 10.2 Å². The zero-order valence-corrected chi connectivity index (χ0v) is 14.4. The van der Waals surface area contributed by atoms with Gasteiger partial charge in [0.1, 0.15) is 17.9 Å². The number of aryl methyl sites for hydroxylation is 1. The third-order valence-corrected chi connectivity index (χ3v) is 4.10. The van der Waals surface area contributed by atoms with Gasteiger partial charge in [0.15, 0.2) is 0 Å². The highest BCUT2D eigenvalue weighted by Gasteiger charge is 2.21. The first-order valence-electron chi connectivity index (χ1n) is 7.92. The van der Waals surface area contributed by atoms with Gasteiger partial charge in [-0.3, -0.25) is 0 Å². The van der Waals surface area contributed by atoms with Crippen LogP contribution in [0.1, 0.15) is 37.5 Å². The van der Waals surface area contributed by atoms with Crippen molar-refractivity contribution >= 4 is 0 Å². The Labute approximate surface area is 144 Å². The van der Waals surface area contributed by atoms with Gasteiger partial charge in [-0.1, -0.05) is 42.5 Å². The fourth-order valence-electron chi connectivity index (χ4n) is 2.73. The summed E-state index contributed by atoms with van der Waals surface area (Å²) >= 11 is 0. The van der Waals surface area contributed by atoms with E-state index in [1.807, 2.05) is 13.0 Å². The molecular weight excluding hydrogens is 310 g/mol. The SMILES string of the molecule is CC(CCc1ccccc1)[NH2+]C(C)C(O)c1ccc(O)cc1.[Cl-]. The molecule has 0 saturated heterocycles. The van der Waals surface area contributed by atoms with Crippen molar-refractivity contribution < 1.29 is 27.9 Å². The number of phenolic OH excluding ortho intramolecular Hbond substituents is 1. The molecule has 4 heteroatoms. The molecule has 0 radical (unpaired) electrons. The molecule has 2 aromatic rings. The number of aliphatic hydroxyl groups is 1. The van der Waals surface area contributed by atoms with E-state index in [1.165, 1.54) is 5.56 Å². The van der Waals surface area contributed by atoms with Crippen LogP contribution in [0.3, 0.4) is 0 Å². The molecule has 23 heavy (non-hydrogen) atoms. The maximum absolute atomic E-state index is 10.4. The van der Waals surface area contributed by atoms with Crippen LogP contribution < -0.4 is 17.7 Å². The van der Waals surface area contributed by atoms with Crippen molar-refractivity contribution in [2.75, 3.05) is 0 Å². The summed E-state index contributed by atoms with van der Waals surface area (Å²) in [6, 6.07) is 17.8. The van der Waals surface area contributed by atoms with E-state index in [2.05, 4.69) is 36.5 Å². The third-order valence-electron chi connectivity index (χ3n) is 4.10. The number of aromatic hydroxyl groups is 1. The minimum Gasteiger partial charge on any atom is -1.00 e. The third kappa shape index (κ3) is 6.22. The van der Waals surface area contributed by atoms with E-state index in [1.54, 1.807) is 24.3 Å². The highest BCUT2D eigenvalue weighted by Crippen LogP contribution is 2.18. The molecule has 0 aliphatic rings. The summed E-state index contributed by atoms with van der Waals surface area (Å²) in [5, 5.41) is 21.9. The zero-order chi connectivity index (χ0) is 15.9. The van der Waals surface area contributed by atoms with E-state index in [0.29, 0.717) is 6.04 Å². The molecule has 0 saturated carbocycles. The Bertz CT molecular complexity index is 559. The van der Waals surface area contributed by atoms with Gasteiger partial charge in [0.25, 0.3) is 0 Å². The molecule has 126 valence electrons. The van der Waals surface area contributed by atoms with E-state index in [4.69, 9.17) is 0 Å². The van der Waals surface area contributed by atoms with Crippen molar-refractivity contribution in [2.45, 2.75) is 44.9 Å². The molecule has 0 aliphatic heterocycles. The monoisotopic (exact) mass is 335 g/mol. The number of quaternary nitrogens is 1. The van der Waals surface area contributed by atoms with Crippen molar-refractivity contribution in [3.63, 3.8) is 0 Å². The Kier molecular flexibility index (Phi) is 8.10. The lowest BCUT2D eigenvalue weighted by Gasteiger charge is -2.21. The smallest absolute Gasteiger partial charge is 0.130 e. The van der Waals surface area contributed by atoms with Crippen LogP contribution in [0.5, 0.6) is 5.75 Å². The average Bonchev–Trinajstić information content (AvgIpc) is 2.54. The molecule has 3 nitrogen and oxygen atoms in total. The van der Waals surface area contributed by atoms with Crippen molar-refractivity contribution in [2.24, 2.45) is 0 Å². The average molecular weight is 336 g/mol. The molecule has 0 amide bonds. The predicted molar refractivity (Wildman–Crippen MR) is 88.7 cm³/mol. The predicted octanol–water partition coefficient (Wildman–Crippen LogP) is -0.597. The Morgan fingerprint density at radius 2 is 1.57 bits per heavy atom. The first-order valence-corrected chi connectivity index (χ1v) is 7.92. The minimum absolute atomic E-state index is 0. The molecule has 0 spiro atoms. The summed E-state index contributed by atoms with van der Waals surface area (Å²) in [6.45, 7) is 4.24. The molecule has 3 unspecified atom stereocenters. The normalized spacial score (nSPS) is 14.6. The number of halogens is 1. The zero-order valence-electron chi connectivity index (χ0n) is 13.7. The summed E-state index contributed by atoms with van der Waals surface area (Å²) in [7, 11) is 0. The molecular formula is C19H26ClNO2. The van der Waals surface area contributed by atoms with Crippen molar-refractivity contribution in [3.8, 4) is 5.75 Å². The second-order valence-corrected chi connectivity index (χ2v) is 6.09. The standard InChI is InChI=1S/C19H25NO2.ClH/c1-14(8-9-16-6-4-3-5-7-16)20-15(2)19(22)17-10-12-18(21)13-11-17;/h3-7,10-15,19-22H,8-9H2,1-2H3;1H. The first kappa shape index (κ1) is 19.5. The van der Waals surface area contributed by atoms with Gasteiger partial charge in [-0.2, -0.15) is 0 Å². The van der Waals surface area contributed by atoms with Gasteiger partial charge in [-0.05, 0) is 43.5 Å². The lowest BCUT2D eigenvalue weighted by Crippen LogP contribution is -3.00. The molecule has 2 aromatic carbocycles. The van der Waals surface area contributed by atoms with E-state index >= 15 is 0 Å². The molecule has 4 N–H and O–H groups in total. The van der Waals surface area contributed by atoms with Gasteiger partial charge < -0.3 is 27.9 Å². The number of hydrogen-bond acceptors (Lipinski definition) is 2. The molecule has 0 bridgehead atoms. The number of benzene rings is 2. The second-order valence-electron chi connectivity index (χ2n) is 6.09. The fraction of sp³-hybridized carbons (Fsp3) is 0.368. The Morgan fingerprint density at radius 3 is 2.17 bits per heavy atom. The van der Waals surface area contributed by atoms with Gasteiger partial charge in [0.2, 0.25) is 0 Å². The number of rotatable bonds is 7. The van der Waals surface area contributed by atoms with Crippen molar-refractivity contribution in [1.82, 2.24) is 0 Å². The Balaban J connectivity index is 0.00000264. The maximum Gasteiger partial charge on any atom is 0.130 e. The summed E-state index contributed by atoms with van der Waals surface area (Å²) < 4.78 is 0. The number of phenols is 1. The molecule has 0 heterocycles. The second kappa shape index (κ2) is 9.56. The minimum atomic E-state index is -0.528. The van der Waals surface area contributed by atoms with Gasteiger partial charge in [-0.15, -0.1) is 0 Å². The molecule has 0 aliphatic carbocycles. The van der Waals surface area contributed by atoms with Crippen molar-refractivity contribution in [3.05, 3.63) is 65.7 Å². The largest absolute Gasteiger partial charge is 1.00 e. The number of aliphatic hydroxyl groups excluding tert-OH is 1. The lowest BCUT2D eigenvalue weighted by atomic mass is 10.0. The maximum atomic E-state index is 10.4. The van der Waals surface area contributed by atoms with E-state index < -0.39 is 6.10 Å². The van der Waals surface area contributed by atoms with Crippen LogP contribution in [-0.4, -0.2) is 22.3 Å². The topological polar surface area (TPSA) is 57.1 Å². The fourth-order valence-corrected chi connectivity index (χ4v) is 2.73. The van der Waals surface area contributed by atoms with Gasteiger partial charge >= 0.3 is 0 Å². The first-order chi connectivity index (χ1) is 10.6. The van der Waals surface area contributed by atoms with Gasteiger partial charge in [0.05, 0.1) is 6.04 Å². The Morgan fingerprint density at radius 1 is 0.957 bits per heavy atom. The Hall–Kier alpha value is -1.55. The van der Waals surface area contributed by atoms with Crippen LogP contribution in [0.4, 0.5) is 0 Å². The van der Waals surface area contributed by atoms with Crippen LogP contribution in [0.2, 0.25) is 0 Å². The van der Waals surface area contributed by atoms with Crippen molar-refractivity contribution in [1.29, 1.82) is 0 Å². The molecule has 2 rings (SSSR count).